The predicted octanol–water partition coefficient (Wildman–Crippen LogP) is 15.9. The van der Waals surface area contributed by atoms with E-state index in [1.54, 1.807) is 0 Å². The molecule has 15 rings (SSSR count). The van der Waals surface area contributed by atoms with Crippen molar-refractivity contribution >= 4 is 25.5 Å². The van der Waals surface area contributed by atoms with E-state index in [0.29, 0.717) is 143 Å². The zero-order valence-corrected chi connectivity index (χ0v) is 70.0. The number of methoxy groups -OCH3 is 3. The SMILES string of the molecule is COC(=O)CC[C@@H](C)[C@H]1CC[C@H]2[C@@H]3CC[C@@H]4C[C@H]([n+]5cc(CNP(=O)(NCc6c[n+]([C@@H]7CC[C@@]8(C)[C@H](CC[C@@H]9[C@@H]8CC[C@]8(C)[C@@H]([C@H](C)CCC(=O)OC)CC[C@@H]98)C7)nn6C)NCc6c[n+]([C@@H]7CC[C@@]8(C)[C@H](CC[C@@H]9[C@@H]8CC[C@]8(C)[C@@H]([C@H](C)CCC(=O)OC)CC[C@@H]98)C7)nn6C)n(C)n5)CC[C@]4(C)[C@H]3CC[C@]12C. The number of carbonyl (C=O) groups excluding carboxylic acids is 3. The van der Waals surface area contributed by atoms with Crippen molar-refractivity contribution in [2.45, 2.75) is 312 Å². The summed E-state index contributed by atoms with van der Waals surface area (Å²) in [5.74, 6) is 12.6. The van der Waals surface area contributed by atoms with Crippen LogP contribution in [0.15, 0.2) is 18.6 Å². The van der Waals surface area contributed by atoms with Gasteiger partial charge in [0.1, 0.15) is 39.3 Å². The van der Waals surface area contributed by atoms with Crippen molar-refractivity contribution in [1.82, 2.24) is 44.9 Å². The van der Waals surface area contributed by atoms with Crippen LogP contribution in [0, 0.1) is 139 Å². The maximum Gasteiger partial charge on any atom is 0.305 e. The first-order chi connectivity index (χ1) is 51.1. The molecule has 12 aliphatic carbocycles. The number of carbonyl (C=O) groups is 3. The van der Waals surface area contributed by atoms with E-state index in [9.17, 15) is 14.4 Å². The van der Waals surface area contributed by atoms with E-state index < -0.39 is 7.59 Å². The minimum Gasteiger partial charge on any atom is -0.469 e. The van der Waals surface area contributed by atoms with Gasteiger partial charge in [-0.25, -0.2) is 15.3 Å². The number of ether oxygens (including phenoxy) is 3. The summed E-state index contributed by atoms with van der Waals surface area (Å²) in [6.45, 7) is 24.3. The molecule has 0 spiro atoms. The monoisotopic (exact) mass is 1500 g/mol. The summed E-state index contributed by atoms with van der Waals surface area (Å²) in [7, 11) is 7.23. The average Bonchev–Trinajstić information content (AvgIpc) is 1.71. The molecular weight excluding hydrogens is 1360 g/mol. The Morgan fingerprint density at radius 1 is 0.411 bits per heavy atom. The molecule has 12 fully saturated rings. The van der Waals surface area contributed by atoms with Crippen LogP contribution in [0.2, 0.25) is 0 Å². The van der Waals surface area contributed by atoms with E-state index in [0.717, 1.165) is 128 Å². The largest absolute Gasteiger partial charge is 0.469 e. The Hall–Kier alpha value is -4.06. The number of nitrogens with zero attached hydrogens (tertiary/aromatic N) is 9. The molecule has 0 unspecified atom stereocenters. The van der Waals surface area contributed by atoms with Gasteiger partial charge in [-0.05, 0) is 332 Å². The van der Waals surface area contributed by atoms with Gasteiger partial charge in [0.25, 0.3) is 7.59 Å². The van der Waals surface area contributed by atoms with Crippen LogP contribution in [0.25, 0.3) is 0 Å². The maximum absolute atomic E-state index is 16.0. The summed E-state index contributed by atoms with van der Waals surface area (Å²) in [5.41, 5.74) is 5.16. The van der Waals surface area contributed by atoms with Gasteiger partial charge in [-0.3, -0.25) is 18.9 Å². The lowest BCUT2D eigenvalue weighted by atomic mass is 9.44. The quantitative estimate of drug-likeness (QED) is 0.0332. The van der Waals surface area contributed by atoms with Crippen LogP contribution in [0.4, 0.5) is 0 Å². The van der Waals surface area contributed by atoms with Gasteiger partial charge in [-0.15, -0.1) is 28.1 Å². The lowest BCUT2D eigenvalue weighted by Crippen LogP contribution is -2.56. The number of hydrogen-bond acceptors (Lipinski definition) is 10. The smallest absolute Gasteiger partial charge is 0.305 e. The third-order valence-electron chi connectivity index (χ3n) is 36.7. The van der Waals surface area contributed by atoms with Crippen molar-refractivity contribution < 1.29 is 47.2 Å². The van der Waals surface area contributed by atoms with E-state index in [-0.39, 0.29) is 17.9 Å². The highest BCUT2D eigenvalue weighted by atomic mass is 31.2. The Kier molecular flexibility index (Phi) is 22.2. The van der Waals surface area contributed by atoms with Crippen molar-refractivity contribution in [2.75, 3.05) is 21.3 Å². The summed E-state index contributed by atoms with van der Waals surface area (Å²) in [4.78, 5) is 36.6. The maximum atomic E-state index is 16.0. The molecule has 3 aromatic heterocycles. The molecule has 0 aromatic carbocycles. The van der Waals surface area contributed by atoms with Gasteiger partial charge in [-0.1, -0.05) is 62.3 Å². The third-order valence-corrected chi connectivity index (χ3v) is 38.5. The molecule has 20 heteroatoms. The number of rotatable bonds is 24. The van der Waals surface area contributed by atoms with Gasteiger partial charge in [0.05, 0.1) is 56.6 Å². The molecule has 596 valence electrons. The highest BCUT2D eigenvalue weighted by Crippen LogP contribution is 2.73. The van der Waals surface area contributed by atoms with Crippen molar-refractivity contribution in [3.8, 4) is 0 Å². The van der Waals surface area contributed by atoms with E-state index in [4.69, 9.17) is 29.9 Å². The van der Waals surface area contributed by atoms with Crippen LogP contribution in [0.5, 0.6) is 0 Å². The van der Waals surface area contributed by atoms with E-state index in [1.807, 2.05) is 14.0 Å². The second-order valence-electron chi connectivity index (χ2n) is 40.7. The standard InChI is InChI=1S/C87H144N12O7P/c1-55(16-31-79(100)104-13)70-25-28-73-67-22-19-58-46-61(34-40-82(58,4)76(67)37-43-85(70,73)7)97-52-64(94(10)91-97)49-88-107(103,89-50-65-53-98(92-95(65)11)62-35-41-83(5)59(47-62)20-23-68-74-29-26-71(56(2)17-32-80(101)105-14)86(74,8)44-38-77(68)83)90-51-66-54-99(93-96(66)12)63-36-42-84(6)60(48-63)21-24-69-75-30-27-72(57(3)18-33-81(102)106-15)87(75,9)45-39-78(69)84/h52-63,67-78H,16-51H2,1-15H3,(H3,88,89,90,103)/q+3/t55-,56-,57-,58-,59-,60-,61-,62-,63-,67+,68+,69+,70-,71-,72-,73+,74+,75+,76+,77+,78+,82+,83+,84+,85-,86-,87-/m1/s1. The lowest BCUT2D eigenvalue weighted by molar-refractivity contribution is -0.782. The minimum atomic E-state index is -3.52. The molecule has 0 amide bonds. The fourth-order valence-electron chi connectivity index (χ4n) is 30.5. The van der Waals surface area contributed by atoms with Gasteiger partial charge in [-0.2, -0.15) is 0 Å². The normalized spacial score (nSPS) is 41.5. The molecule has 0 radical (unpaired) electrons. The summed E-state index contributed by atoms with van der Waals surface area (Å²) >= 11 is 0. The summed E-state index contributed by atoms with van der Waals surface area (Å²) in [6.07, 6.45) is 45.6. The zero-order chi connectivity index (χ0) is 75.5. The van der Waals surface area contributed by atoms with Crippen LogP contribution in [-0.2, 0) is 73.9 Å². The van der Waals surface area contributed by atoms with Crippen LogP contribution in [-0.4, -0.2) is 68.9 Å². The van der Waals surface area contributed by atoms with Crippen LogP contribution in [0.3, 0.4) is 0 Å². The number of nitrogens with one attached hydrogen (secondary N) is 3. The highest BCUT2D eigenvalue weighted by Gasteiger charge is 2.65. The lowest BCUT2D eigenvalue weighted by Gasteiger charge is -2.61. The average molecular weight is 1500 g/mol. The number of fused-ring (bicyclic) bond motifs is 15. The molecule has 3 aromatic rings. The molecule has 12 aliphatic rings. The Bertz CT molecular complexity index is 3370. The van der Waals surface area contributed by atoms with Crippen LogP contribution in [0.1, 0.15) is 309 Å². The molecular formula is C87H144N12O7P+3. The molecule has 107 heavy (non-hydrogen) atoms. The molecule has 3 N–H and O–H groups in total. The summed E-state index contributed by atoms with van der Waals surface area (Å²) in [6, 6.07) is 0.991. The Morgan fingerprint density at radius 3 is 0.944 bits per heavy atom. The number of esters is 3. The van der Waals surface area contributed by atoms with Crippen molar-refractivity contribution in [3.05, 3.63) is 35.7 Å². The molecule has 0 bridgehead atoms. The predicted molar refractivity (Wildman–Crippen MR) is 412 cm³/mol. The molecule has 27 atom stereocenters. The molecule has 3 heterocycles. The van der Waals surface area contributed by atoms with Crippen molar-refractivity contribution in [1.29, 1.82) is 0 Å². The van der Waals surface area contributed by atoms with Gasteiger partial charge in [0, 0.05) is 19.3 Å². The highest BCUT2D eigenvalue weighted by molar-refractivity contribution is 7.57. The van der Waals surface area contributed by atoms with Crippen LogP contribution < -0.4 is 29.3 Å². The van der Waals surface area contributed by atoms with Gasteiger partial charge in [0.2, 0.25) is 0 Å². The fourth-order valence-corrected chi connectivity index (χ4v) is 32.0. The minimum absolute atomic E-state index is 0.0708. The molecule has 12 saturated carbocycles. The fraction of sp³-hybridized carbons (Fsp3) is 0.897. The van der Waals surface area contributed by atoms with Gasteiger partial charge >= 0.3 is 17.9 Å². The Balaban J connectivity index is 0.609. The Morgan fingerprint density at radius 2 is 0.673 bits per heavy atom. The zero-order valence-electron chi connectivity index (χ0n) is 69.1. The van der Waals surface area contributed by atoms with Gasteiger partial charge < -0.3 is 14.2 Å². The molecule has 19 nitrogen and oxygen atoms in total. The first-order valence-corrected chi connectivity index (χ1v) is 45.7. The Labute approximate surface area is 643 Å². The topological polar surface area (TPSA) is 197 Å². The second kappa shape index (κ2) is 30.4. The summed E-state index contributed by atoms with van der Waals surface area (Å²) in [5, 5.41) is 26.6. The number of hydrogen-bond donors (Lipinski definition) is 3. The van der Waals surface area contributed by atoms with E-state index in [2.05, 4.69) is 131 Å². The molecule has 0 aliphatic heterocycles. The van der Waals surface area contributed by atoms with Crippen molar-refractivity contribution in [3.63, 3.8) is 0 Å². The number of aryl methyl sites for hydroxylation is 3. The third kappa shape index (κ3) is 14.1. The summed E-state index contributed by atoms with van der Waals surface area (Å²) < 4.78 is 44.1. The second-order valence-corrected chi connectivity index (χ2v) is 42.8. The van der Waals surface area contributed by atoms with Crippen LogP contribution >= 0.6 is 7.59 Å². The van der Waals surface area contributed by atoms with Crippen molar-refractivity contribution in [2.24, 2.45) is 160 Å². The number of aromatic nitrogens is 9. The first kappa shape index (κ1) is 78.2. The van der Waals surface area contributed by atoms with Gasteiger partial charge in [0.15, 0.2) is 35.7 Å². The van der Waals surface area contributed by atoms with E-state index in [1.165, 1.54) is 156 Å². The van der Waals surface area contributed by atoms with E-state index >= 15 is 4.57 Å². The first-order valence-electron chi connectivity index (χ1n) is 44.0. The molecule has 0 saturated heterocycles.